The topological polar surface area (TPSA) is 72.2 Å². The number of halogens is 3. The Morgan fingerprint density at radius 2 is 1.95 bits per heavy atom. The molecule has 0 amide bonds. The van der Waals surface area contributed by atoms with E-state index >= 15 is 0 Å². The van der Waals surface area contributed by atoms with Crippen LogP contribution in [0, 0.1) is 6.92 Å². The van der Waals surface area contributed by atoms with E-state index in [9.17, 15) is 21.6 Å². The molecule has 0 aromatic heterocycles. The molecule has 0 aliphatic carbocycles. The van der Waals surface area contributed by atoms with Crippen molar-refractivity contribution < 1.29 is 21.6 Å². The zero-order valence-electron chi connectivity index (χ0n) is 11.2. The van der Waals surface area contributed by atoms with Crippen LogP contribution in [-0.2, 0) is 16.2 Å². The summed E-state index contributed by atoms with van der Waals surface area (Å²) in [5.41, 5.74) is 4.22. The van der Waals surface area contributed by atoms with E-state index < -0.39 is 21.8 Å². The lowest BCUT2D eigenvalue weighted by atomic mass is 10.1. The van der Waals surface area contributed by atoms with Crippen molar-refractivity contribution in [1.82, 2.24) is 4.72 Å². The summed E-state index contributed by atoms with van der Waals surface area (Å²) < 4.78 is 64.5. The van der Waals surface area contributed by atoms with Gasteiger partial charge in [0.25, 0.3) is 0 Å². The van der Waals surface area contributed by atoms with E-state index in [1.54, 1.807) is 6.92 Å². The van der Waals surface area contributed by atoms with E-state index in [1.807, 2.05) is 0 Å². The predicted octanol–water partition coefficient (Wildman–Crippen LogP) is 2.03. The molecular weight excluding hydrogens is 293 g/mol. The Morgan fingerprint density at radius 3 is 2.45 bits per heavy atom. The van der Waals surface area contributed by atoms with Crippen molar-refractivity contribution in [1.29, 1.82) is 0 Å². The molecule has 0 radical (unpaired) electrons. The predicted molar refractivity (Wildman–Crippen MR) is 69.6 cm³/mol. The fourth-order valence-corrected chi connectivity index (χ4v) is 3.02. The van der Waals surface area contributed by atoms with Gasteiger partial charge in [-0.05, 0) is 38.0 Å². The van der Waals surface area contributed by atoms with Crippen LogP contribution in [0.5, 0.6) is 0 Å². The molecule has 1 aromatic rings. The maximum atomic E-state index is 12.7. The molecule has 0 fully saturated rings. The highest BCUT2D eigenvalue weighted by Crippen LogP contribution is 2.34. The van der Waals surface area contributed by atoms with Crippen molar-refractivity contribution in [3.05, 3.63) is 29.3 Å². The molecule has 0 aliphatic heterocycles. The molecule has 114 valence electrons. The number of nitrogens with two attached hydrogens (primary N) is 1. The average molecular weight is 310 g/mol. The first kappa shape index (κ1) is 16.9. The third kappa shape index (κ3) is 4.19. The molecule has 3 N–H and O–H groups in total. The van der Waals surface area contributed by atoms with Crippen molar-refractivity contribution in [3.63, 3.8) is 0 Å². The Kier molecular flexibility index (Phi) is 5.17. The standard InChI is InChI=1S/C12H17F3N2O2S/c1-8(16)6-7-17-20(18,19)11-5-3-4-10(9(11)2)12(13,14)15/h3-5,8,17H,6-7,16H2,1-2H3. The molecule has 8 heteroatoms. The second kappa shape index (κ2) is 6.11. The number of sulfonamides is 1. The quantitative estimate of drug-likeness (QED) is 0.874. The number of benzene rings is 1. The van der Waals surface area contributed by atoms with Gasteiger partial charge in [0.2, 0.25) is 10.0 Å². The molecule has 0 heterocycles. The maximum Gasteiger partial charge on any atom is 0.416 e. The Morgan fingerprint density at radius 1 is 1.35 bits per heavy atom. The van der Waals surface area contributed by atoms with Crippen molar-refractivity contribution >= 4 is 10.0 Å². The molecule has 0 bridgehead atoms. The van der Waals surface area contributed by atoms with Gasteiger partial charge in [-0.15, -0.1) is 0 Å². The zero-order chi connectivity index (χ0) is 15.6. The van der Waals surface area contributed by atoms with Gasteiger partial charge in [0.15, 0.2) is 0 Å². The van der Waals surface area contributed by atoms with Crippen LogP contribution < -0.4 is 10.5 Å². The number of rotatable bonds is 5. The number of nitrogens with one attached hydrogen (secondary N) is 1. The fourth-order valence-electron chi connectivity index (χ4n) is 1.71. The molecule has 0 saturated carbocycles. The van der Waals surface area contributed by atoms with Crippen LogP contribution in [0.4, 0.5) is 13.2 Å². The van der Waals surface area contributed by atoms with Gasteiger partial charge >= 0.3 is 6.18 Å². The van der Waals surface area contributed by atoms with Crippen LogP contribution >= 0.6 is 0 Å². The summed E-state index contributed by atoms with van der Waals surface area (Å²) >= 11 is 0. The molecule has 1 aromatic carbocycles. The lowest BCUT2D eigenvalue weighted by Gasteiger charge is -2.15. The third-order valence-electron chi connectivity index (χ3n) is 2.77. The largest absolute Gasteiger partial charge is 0.416 e. The molecule has 0 aliphatic rings. The summed E-state index contributed by atoms with van der Waals surface area (Å²) in [4.78, 5) is -0.364. The lowest BCUT2D eigenvalue weighted by Crippen LogP contribution is -2.29. The Bertz CT molecular complexity index is 569. The van der Waals surface area contributed by atoms with Crippen LogP contribution in [0.1, 0.15) is 24.5 Å². The van der Waals surface area contributed by atoms with Crippen molar-refractivity contribution in [2.75, 3.05) is 6.54 Å². The summed E-state index contributed by atoms with van der Waals surface area (Å²) in [6.07, 6.45) is -4.18. The van der Waals surface area contributed by atoms with Gasteiger partial charge in [0.05, 0.1) is 10.5 Å². The van der Waals surface area contributed by atoms with E-state index in [1.165, 1.54) is 0 Å². The Balaban J connectivity index is 3.08. The molecule has 4 nitrogen and oxygen atoms in total. The highest BCUT2D eigenvalue weighted by Gasteiger charge is 2.34. The molecule has 1 unspecified atom stereocenters. The molecular formula is C12H17F3N2O2S. The average Bonchev–Trinajstić information content (AvgIpc) is 2.26. The maximum absolute atomic E-state index is 12.7. The normalized spacial score (nSPS) is 14.3. The SMILES string of the molecule is Cc1c(C(F)(F)F)cccc1S(=O)(=O)NCCC(C)N. The molecule has 1 rings (SSSR count). The monoisotopic (exact) mass is 310 g/mol. The minimum Gasteiger partial charge on any atom is -0.328 e. The number of hydrogen-bond donors (Lipinski definition) is 2. The second-order valence-corrected chi connectivity index (χ2v) is 6.33. The zero-order valence-corrected chi connectivity index (χ0v) is 12.0. The smallest absolute Gasteiger partial charge is 0.328 e. The second-order valence-electron chi connectivity index (χ2n) is 4.59. The molecule has 0 spiro atoms. The van der Waals surface area contributed by atoms with Crippen LogP contribution in [0.2, 0.25) is 0 Å². The van der Waals surface area contributed by atoms with Gasteiger partial charge in [-0.2, -0.15) is 13.2 Å². The van der Waals surface area contributed by atoms with Crippen molar-refractivity contribution in [3.8, 4) is 0 Å². The van der Waals surface area contributed by atoms with Crippen LogP contribution in [-0.4, -0.2) is 21.0 Å². The van der Waals surface area contributed by atoms with E-state index in [2.05, 4.69) is 4.72 Å². The van der Waals surface area contributed by atoms with Crippen LogP contribution in [0.25, 0.3) is 0 Å². The van der Waals surface area contributed by atoms with Crippen molar-refractivity contribution in [2.24, 2.45) is 5.73 Å². The summed E-state index contributed by atoms with van der Waals surface area (Å²) in [6.45, 7) is 2.93. The van der Waals surface area contributed by atoms with Gasteiger partial charge in [-0.3, -0.25) is 0 Å². The molecule has 20 heavy (non-hydrogen) atoms. The van der Waals surface area contributed by atoms with E-state index in [0.717, 1.165) is 25.1 Å². The van der Waals surface area contributed by atoms with Crippen LogP contribution in [0.15, 0.2) is 23.1 Å². The summed E-state index contributed by atoms with van der Waals surface area (Å²) in [5.74, 6) is 0. The van der Waals surface area contributed by atoms with Gasteiger partial charge in [0.1, 0.15) is 0 Å². The molecule has 1 atom stereocenters. The number of hydrogen-bond acceptors (Lipinski definition) is 3. The Hall–Kier alpha value is -1.12. The van der Waals surface area contributed by atoms with Crippen molar-refractivity contribution in [2.45, 2.75) is 37.4 Å². The fraction of sp³-hybridized carbons (Fsp3) is 0.500. The summed E-state index contributed by atoms with van der Waals surface area (Å²) in [5, 5.41) is 0. The number of alkyl halides is 3. The summed E-state index contributed by atoms with van der Waals surface area (Å²) in [6, 6.07) is 2.89. The van der Waals surface area contributed by atoms with Gasteiger partial charge in [-0.1, -0.05) is 6.07 Å². The highest BCUT2D eigenvalue weighted by molar-refractivity contribution is 7.89. The van der Waals surface area contributed by atoms with Crippen LogP contribution in [0.3, 0.4) is 0 Å². The first-order valence-corrected chi connectivity index (χ1v) is 7.46. The first-order valence-electron chi connectivity index (χ1n) is 5.98. The third-order valence-corrected chi connectivity index (χ3v) is 4.38. The van der Waals surface area contributed by atoms with E-state index in [0.29, 0.717) is 6.42 Å². The first-order chi connectivity index (χ1) is 9.05. The minimum absolute atomic E-state index is 0.0791. The van der Waals surface area contributed by atoms with Gasteiger partial charge in [-0.25, -0.2) is 13.1 Å². The summed E-state index contributed by atoms with van der Waals surface area (Å²) in [7, 11) is -3.97. The lowest BCUT2D eigenvalue weighted by molar-refractivity contribution is -0.138. The minimum atomic E-state index is -4.58. The van der Waals surface area contributed by atoms with E-state index in [-0.39, 0.29) is 23.0 Å². The molecule has 0 saturated heterocycles. The highest BCUT2D eigenvalue weighted by atomic mass is 32.2. The Labute approximate surface area is 116 Å². The van der Waals surface area contributed by atoms with Gasteiger partial charge in [0, 0.05) is 12.6 Å². The van der Waals surface area contributed by atoms with Gasteiger partial charge < -0.3 is 5.73 Å². The van der Waals surface area contributed by atoms with E-state index in [4.69, 9.17) is 5.73 Å².